The van der Waals surface area contributed by atoms with Gasteiger partial charge < -0.3 is 0 Å². The van der Waals surface area contributed by atoms with Crippen molar-refractivity contribution in [1.82, 2.24) is 0 Å². The molecule has 0 N–H and O–H groups in total. The minimum absolute atomic E-state index is 0.0733. The van der Waals surface area contributed by atoms with Crippen LogP contribution in [0.1, 0.15) is 50.7 Å². The maximum absolute atomic E-state index is 13.1. The van der Waals surface area contributed by atoms with Crippen molar-refractivity contribution in [3.8, 4) is 0 Å². The molecule has 0 heterocycles. The number of carbonyl (C=O) groups excluding carboxylic acids is 2. The summed E-state index contributed by atoms with van der Waals surface area (Å²) in [5, 5.41) is 0. The Bertz CT molecular complexity index is 800. The summed E-state index contributed by atoms with van der Waals surface area (Å²) in [6, 6.07) is 20.0. The molecule has 0 saturated heterocycles. The normalized spacial score (nSPS) is 18.8. The van der Waals surface area contributed by atoms with Gasteiger partial charge in [0, 0.05) is 12.8 Å². The molecular formula is C26H28O2. The third-order valence-corrected chi connectivity index (χ3v) is 5.50. The van der Waals surface area contributed by atoms with Crippen molar-refractivity contribution in [2.75, 3.05) is 0 Å². The Balaban J connectivity index is 1.83. The molecule has 1 saturated carbocycles. The van der Waals surface area contributed by atoms with Crippen molar-refractivity contribution < 1.29 is 9.59 Å². The smallest absolute Gasteiger partial charge is 0.147 e. The largest absolute Gasteiger partial charge is 0.299 e. The molecule has 2 aromatic rings. The fraction of sp³-hybridized carbons (Fsp3) is 0.308. The van der Waals surface area contributed by atoms with Crippen LogP contribution < -0.4 is 0 Å². The number of rotatable bonds is 6. The Morgan fingerprint density at radius 1 is 0.714 bits per heavy atom. The predicted molar refractivity (Wildman–Crippen MR) is 116 cm³/mol. The molecule has 28 heavy (non-hydrogen) atoms. The molecule has 0 aromatic heterocycles. The van der Waals surface area contributed by atoms with Crippen LogP contribution in [0, 0.1) is 10.8 Å². The van der Waals surface area contributed by atoms with E-state index < -0.39 is 5.41 Å². The first-order valence-electron chi connectivity index (χ1n) is 9.91. The lowest BCUT2D eigenvalue weighted by Gasteiger charge is -2.40. The Kier molecular flexibility index (Phi) is 6.08. The average molecular weight is 373 g/mol. The Hall–Kier alpha value is -2.74. The molecule has 0 bridgehead atoms. The molecule has 2 nitrogen and oxygen atoms in total. The van der Waals surface area contributed by atoms with Gasteiger partial charge in [0.25, 0.3) is 0 Å². The standard InChI is InChI=1S/C26H28O2/c1-25(2)19-23(27)26(24(28)20-25,17-9-15-21-11-5-3-6-12-21)18-10-16-22-13-7-4-8-14-22/h3-16H,17-20H2,1-2H3/b15-9+,16-10+. The minimum Gasteiger partial charge on any atom is -0.299 e. The van der Waals surface area contributed by atoms with E-state index in [0.29, 0.717) is 25.7 Å². The fourth-order valence-electron chi connectivity index (χ4n) is 3.89. The Morgan fingerprint density at radius 3 is 1.50 bits per heavy atom. The zero-order chi connectivity index (χ0) is 20.0. The lowest BCUT2D eigenvalue weighted by molar-refractivity contribution is -0.147. The summed E-state index contributed by atoms with van der Waals surface area (Å²) >= 11 is 0. The molecule has 0 atom stereocenters. The second-order valence-corrected chi connectivity index (χ2v) is 8.48. The van der Waals surface area contributed by atoms with E-state index in [-0.39, 0.29) is 17.0 Å². The van der Waals surface area contributed by atoms with Crippen LogP contribution in [0.3, 0.4) is 0 Å². The average Bonchev–Trinajstić information content (AvgIpc) is 2.66. The zero-order valence-electron chi connectivity index (χ0n) is 16.7. The van der Waals surface area contributed by atoms with Gasteiger partial charge in [-0.05, 0) is 29.4 Å². The molecular weight excluding hydrogens is 344 g/mol. The number of benzene rings is 2. The van der Waals surface area contributed by atoms with Crippen LogP contribution in [-0.2, 0) is 9.59 Å². The topological polar surface area (TPSA) is 34.1 Å². The summed E-state index contributed by atoms with van der Waals surface area (Å²) in [7, 11) is 0. The van der Waals surface area contributed by atoms with Gasteiger partial charge in [0.2, 0.25) is 0 Å². The van der Waals surface area contributed by atoms with Crippen molar-refractivity contribution in [1.29, 1.82) is 0 Å². The fourth-order valence-corrected chi connectivity index (χ4v) is 3.89. The number of hydrogen-bond donors (Lipinski definition) is 0. The van der Waals surface area contributed by atoms with Gasteiger partial charge in [-0.2, -0.15) is 0 Å². The van der Waals surface area contributed by atoms with Gasteiger partial charge in [0.1, 0.15) is 11.6 Å². The molecule has 3 rings (SSSR count). The number of hydrogen-bond acceptors (Lipinski definition) is 2. The number of carbonyl (C=O) groups is 2. The van der Waals surface area contributed by atoms with E-state index in [1.165, 1.54) is 0 Å². The Morgan fingerprint density at radius 2 is 1.11 bits per heavy atom. The molecule has 1 aliphatic carbocycles. The molecule has 0 radical (unpaired) electrons. The van der Waals surface area contributed by atoms with Crippen molar-refractivity contribution in [2.45, 2.75) is 39.5 Å². The maximum Gasteiger partial charge on any atom is 0.147 e. The van der Waals surface area contributed by atoms with E-state index in [0.717, 1.165) is 11.1 Å². The second-order valence-electron chi connectivity index (χ2n) is 8.48. The van der Waals surface area contributed by atoms with E-state index in [1.807, 2.05) is 98.8 Å². The highest BCUT2D eigenvalue weighted by Crippen LogP contribution is 2.44. The van der Waals surface area contributed by atoms with Crippen LogP contribution in [0.4, 0.5) is 0 Å². The lowest BCUT2D eigenvalue weighted by atomic mass is 9.60. The van der Waals surface area contributed by atoms with Crippen molar-refractivity contribution >= 4 is 23.7 Å². The molecule has 144 valence electrons. The number of ketones is 2. The molecule has 1 aliphatic rings. The van der Waals surface area contributed by atoms with E-state index in [2.05, 4.69) is 0 Å². The summed E-state index contributed by atoms with van der Waals surface area (Å²) in [5.41, 5.74) is 0.970. The van der Waals surface area contributed by atoms with Crippen molar-refractivity contribution in [3.63, 3.8) is 0 Å². The molecule has 0 unspecified atom stereocenters. The van der Waals surface area contributed by atoms with E-state index in [4.69, 9.17) is 0 Å². The zero-order valence-corrected chi connectivity index (χ0v) is 16.7. The van der Waals surface area contributed by atoms with Gasteiger partial charge in [-0.1, -0.05) is 98.8 Å². The second kappa shape index (κ2) is 8.52. The highest BCUT2D eigenvalue weighted by Gasteiger charge is 2.50. The molecule has 0 amide bonds. The summed E-state index contributed by atoms with van der Waals surface area (Å²) in [5.74, 6) is 0.147. The van der Waals surface area contributed by atoms with Crippen LogP contribution in [0.5, 0.6) is 0 Å². The van der Waals surface area contributed by atoms with Crippen LogP contribution in [0.15, 0.2) is 72.8 Å². The molecule has 2 aromatic carbocycles. The third-order valence-electron chi connectivity index (χ3n) is 5.50. The van der Waals surface area contributed by atoms with Gasteiger partial charge in [0.05, 0.1) is 5.41 Å². The summed E-state index contributed by atoms with van der Waals surface area (Å²) in [4.78, 5) is 26.3. The van der Waals surface area contributed by atoms with E-state index >= 15 is 0 Å². The van der Waals surface area contributed by atoms with Crippen LogP contribution >= 0.6 is 0 Å². The first kappa shape index (κ1) is 20.0. The molecule has 0 aliphatic heterocycles. The van der Waals surface area contributed by atoms with Gasteiger partial charge in [0.15, 0.2) is 0 Å². The van der Waals surface area contributed by atoms with Crippen molar-refractivity contribution in [3.05, 3.63) is 83.9 Å². The Labute approximate surface area is 168 Å². The van der Waals surface area contributed by atoms with Gasteiger partial charge >= 0.3 is 0 Å². The lowest BCUT2D eigenvalue weighted by Crippen LogP contribution is -2.47. The van der Waals surface area contributed by atoms with Crippen molar-refractivity contribution in [2.24, 2.45) is 10.8 Å². The quantitative estimate of drug-likeness (QED) is 0.571. The monoisotopic (exact) mass is 372 g/mol. The van der Waals surface area contributed by atoms with Crippen LogP contribution in [-0.4, -0.2) is 11.6 Å². The maximum atomic E-state index is 13.1. The van der Waals surface area contributed by atoms with Gasteiger partial charge in [-0.3, -0.25) is 9.59 Å². The molecule has 0 spiro atoms. The SMILES string of the molecule is CC1(C)CC(=O)C(C/C=C/c2ccccc2)(C/C=C/c2ccccc2)C(=O)C1. The number of Topliss-reactive ketones (excluding diaryl/α,β-unsaturated/α-hetero) is 2. The van der Waals surface area contributed by atoms with E-state index in [9.17, 15) is 9.59 Å². The highest BCUT2D eigenvalue weighted by molar-refractivity contribution is 6.10. The van der Waals surface area contributed by atoms with E-state index in [1.54, 1.807) is 0 Å². The van der Waals surface area contributed by atoms with Gasteiger partial charge in [-0.25, -0.2) is 0 Å². The van der Waals surface area contributed by atoms with Gasteiger partial charge in [-0.15, -0.1) is 0 Å². The third kappa shape index (κ3) is 4.75. The van der Waals surface area contributed by atoms with Crippen LogP contribution in [0.25, 0.3) is 12.2 Å². The summed E-state index contributed by atoms with van der Waals surface area (Å²) < 4.78 is 0. The first-order valence-corrected chi connectivity index (χ1v) is 9.91. The summed E-state index contributed by atoms with van der Waals surface area (Å²) in [6.07, 6.45) is 9.79. The molecule has 1 fully saturated rings. The predicted octanol–water partition coefficient (Wildman–Crippen LogP) is 6.14. The van der Waals surface area contributed by atoms with Crippen LogP contribution in [0.2, 0.25) is 0 Å². The number of allylic oxidation sites excluding steroid dienone is 2. The minimum atomic E-state index is -0.938. The first-order chi connectivity index (χ1) is 13.4. The highest BCUT2D eigenvalue weighted by atomic mass is 16.2. The molecule has 2 heteroatoms. The summed E-state index contributed by atoms with van der Waals surface area (Å²) in [6.45, 7) is 4.01.